The Kier molecular flexibility index (Phi) is 7.52. The van der Waals surface area contributed by atoms with Crippen LogP contribution in [0.4, 0.5) is 0 Å². The molecule has 4 rings (SSSR count). The minimum Gasteiger partial charge on any atom is -0.507 e. The zero-order valence-electron chi connectivity index (χ0n) is 24.0. The summed E-state index contributed by atoms with van der Waals surface area (Å²) in [7, 11) is 0. The van der Waals surface area contributed by atoms with Crippen LogP contribution in [0.2, 0.25) is 0 Å². The molecule has 1 aromatic carbocycles. The summed E-state index contributed by atoms with van der Waals surface area (Å²) in [6, 6.07) is 3.08. The zero-order valence-corrected chi connectivity index (χ0v) is 24.0. The number of hydrogen-bond acceptors (Lipinski definition) is 10. The monoisotopic (exact) mass is 573 g/mol. The third-order valence-corrected chi connectivity index (χ3v) is 10.3. The van der Waals surface area contributed by atoms with Crippen LogP contribution >= 0.6 is 0 Å². The minimum absolute atomic E-state index is 0.112. The van der Waals surface area contributed by atoms with E-state index in [4.69, 9.17) is 10.5 Å². The summed E-state index contributed by atoms with van der Waals surface area (Å²) in [4.78, 5) is 52.2. The first-order chi connectivity index (χ1) is 18.9. The number of aliphatic hydroxyl groups excluding tert-OH is 3. The summed E-state index contributed by atoms with van der Waals surface area (Å²) >= 11 is 0. The van der Waals surface area contributed by atoms with Gasteiger partial charge in [-0.05, 0) is 36.3 Å². The molecule has 0 bridgehead atoms. The Morgan fingerprint density at radius 2 is 1.76 bits per heavy atom. The highest BCUT2D eigenvalue weighted by Gasteiger charge is 2.80. The van der Waals surface area contributed by atoms with Gasteiger partial charge in [0.25, 0.3) is 0 Å². The number of phenols is 1. The number of primary amides is 1. The first kappa shape index (κ1) is 30.8. The molecule has 224 valence electrons. The molecule has 3 aliphatic rings. The van der Waals surface area contributed by atoms with E-state index in [9.17, 15) is 44.7 Å². The molecule has 41 heavy (non-hydrogen) atoms. The van der Waals surface area contributed by atoms with Crippen LogP contribution in [0.5, 0.6) is 5.75 Å². The van der Waals surface area contributed by atoms with Crippen LogP contribution in [-0.4, -0.2) is 79.5 Å². The van der Waals surface area contributed by atoms with Crippen molar-refractivity contribution in [2.75, 3.05) is 6.61 Å². The number of ketones is 2. The fraction of sp³-hybridized carbons (Fsp3) is 0.600. The van der Waals surface area contributed by atoms with Gasteiger partial charge in [-0.15, -0.1) is 0 Å². The van der Waals surface area contributed by atoms with Crippen molar-refractivity contribution in [2.45, 2.75) is 71.4 Å². The number of carbonyl (C=O) groups excluding carboxylic acids is 4. The number of carbonyl (C=O) groups is 4. The van der Waals surface area contributed by atoms with Crippen molar-refractivity contribution in [3.8, 4) is 5.75 Å². The number of benzene rings is 1. The molecule has 1 aromatic rings. The van der Waals surface area contributed by atoms with Gasteiger partial charge in [0.05, 0.1) is 30.3 Å². The second-order valence-electron chi connectivity index (χ2n) is 12.4. The molecular weight excluding hydrogens is 534 g/mol. The van der Waals surface area contributed by atoms with E-state index in [1.54, 1.807) is 40.7 Å². The van der Waals surface area contributed by atoms with Crippen LogP contribution in [0, 0.1) is 34.5 Å². The van der Waals surface area contributed by atoms with Crippen LogP contribution in [0.1, 0.15) is 68.9 Å². The highest BCUT2D eigenvalue weighted by Crippen LogP contribution is 2.68. The zero-order chi connectivity index (χ0) is 31.0. The summed E-state index contributed by atoms with van der Waals surface area (Å²) in [6.45, 7) is 9.81. The lowest BCUT2D eigenvalue weighted by atomic mass is 9.36. The minimum atomic E-state index is -2.85. The van der Waals surface area contributed by atoms with E-state index in [-0.39, 0.29) is 17.7 Å². The van der Waals surface area contributed by atoms with E-state index in [1.807, 2.05) is 0 Å². The number of ether oxygens (including phenoxy) is 1. The van der Waals surface area contributed by atoms with Crippen LogP contribution in [0.25, 0.3) is 6.08 Å². The Morgan fingerprint density at radius 3 is 2.29 bits per heavy atom. The van der Waals surface area contributed by atoms with Gasteiger partial charge in [0.2, 0.25) is 5.91 Å². The molecule has 0 radical (unpaired) electrons. The molecule has 2 saturated carbocycles. The second kappa shape index (κ2) is 10.0. The SMILES string of the molecule is CCOC(=O)C=Cc1ccc2c(c1O)C(=O)[C@@H]1C(O)[C@@]3(O)C(=O)[C@H](C(N)=O)C(O)[C@H](C(C)C)[C@@]3(C)[C@H](O)[C@@]1(C)[C@@H]2C. The van der Waals surface area contributed by atoms with Gasteiger partial charge in [0.15, 0.2) is 17.2 Å². The van der Waals surface area contributed by atoms with Crippen molar-refractivity contribution >= 4 is 29.5 Å². The van der Waals surface area contributed by atoms with Crippen LogP contribution in [0.15, 0.2) is 18.2 Å². The fourth-order valence-corrected chi connectivity index (χ4v) is 8.26. The largest absolute Gasteiger partial charge is 0.507 e. The molecule has 0 aliphatic heterocycles. The Balaban J connectivity index is 1.96. The summed E-state index contributed by atoms with van der Waals surface area (Å²) in [5.41, 5.74) is -0.493. The van der Waals surface area contributed by atoms with Crippen molar-refractivity contribution in [3.05, 3.63) is 34.9 Å². The maximum absolute atomic E-state index is 14.2. The van der Waals surface area contributed by atoms with Gasteiger partial charge in [0, 0.05) is 22.5 Å². The van der Waals surface area contributed by atoms with Gasteiger partial charge >= 0.3 is 5.97 Å². The number of nitrogens with two attached hydrogens (primary N) is 1. The fourth-order valence-electron chi connectivity index (χ4n) is 8.26. The van der Waals surface area contributed by atoms with Gasteiger partial charge in [-0.3, -0.25) is 14.4 Å². The third-order valence-electron chi connectivity index (χ3n) is 10.3. The van der Waals surface area contributed by atoms with Gasteiger partial charge in [-0.25, -0.2) is 4.79 Å². The number of esters is 1. The van der Waals surface area contributed by atoms with Crippen molar-refractivity contribution in [1.82, 2.24) is 0 Å². The molecule has 0 heterocycles. The molecule has 0 aromatic heterocycles. The average Bonchev–Trinajstić information content (AvgIpc) is 2.88. The predicted octanol–water partition coefficient (Wildman–Crippen LogP) is 0.681. The number of amides is 1. The average molecular weight is 574 g/mol. The molecule has 0 saturated heterocycles. The molecule has 10 atom stereocenters. The highest BCUT2D eigenvalue weighted by atomic mass is 16.5. The van der Waals surface area contributed by atoms with E-state index in [2.05, 4.69) is 0 Å². The summed E-state index contributed by atoms with van der Waals surface area (Å²) in [5, 5.41) is 58.7. The van der Waals surface area contributed by atoms with Gasteiger partial charge in [-0.2, -0.15) is 0 Å². The van der Waals surface area contributed by atoms with E-state index in [0.717, 1.165) is 6.08 Å². The molecule has 2 unspecified atom stereocenters. The first-order valence-corrected chi connectivity index (χ1v) is 13.8. The van der Waals surface area contributed by atoms with Crippen LogP contribution < -0.4 is 5.73 Å². The van der Waals surface area contributed by atoms with Crippen molar-refractivity contribution in [1.29, 1.82) is 0 Å². The normalized spacial score (nSPS) is 40.2. The topological polar surface area (TPSA) is 205 Å². The van der Waals surface area contributed by atoms with Crippen LogP contribution in [0.3, 0.4) is 0 Å². The van der Waals surface area contributed by atoms with Crippen molar-refractivity contribution < 1.29 is 49.4 Å². The number of aromatic hydroxyl groups is 1. The smallest absolute Gasteiger partial charge is 0.330 e. The van der Waals surface area contributed by atoms with E-state index in [0.29, 0.717) is 5.56 Å². The lowest BCUT2D eigenvalue weighted by Gasteiger charge is -2.69. The lowest BCUT2D eigenvalue weighted by Crippen LogP contribution is -2.83. The second-order valence-corrected chi connectivity index (χ2v) is 12.4. The number of fused-ring (bicyclic) bond motifs is 3. The number of rotatable bonds is 5. The van der Waals surface area contributed by atoms with E-state index < -0.39 is 93.5 Å². The first-order valence-electron chi connectivity index (χ1n) is 13.8. The molecule has 2 fully saturated rings. The Hall–Kier alpha value is -3.12. The van der Waals surface area contributed by atoms with Gasteiger partial charge < -0.3 is 36.0 Å². The molecule has 0 spiro atoms. The summed E-state index contributed by atoms with van der Waals surface area (Å²) < 4.78 is 4.86. The third kappa shape index (κ3) is 3.78. The number of aliphatic hydroxyl groups is 4. The summed E-state index contributed by atoms with van der Waals surface area (Å²) in [6.07, 6.45) is -3.09. The standard InChI is InChI=1S/C30H39NO10/c1-7-41-16(32)11-9-14-8-10-15-13(4)28(5)20(22(34)17(15)21(14)33)25(37)30(40)24(36)18(26(31)38)23(35)19(12(2)3)29(30,6)27(28)39/h8-13,18-20,23,25,27,33,35,37,39-40H,7H2,1-6H3,(H2,31,38)/t13-,18-,19+,20-,23?,25?,27-,28+,29+,30+/m1/s1. The predicted molar refractivity (Wildman–Crippen MR) is 145 cm³/mol. The van der Waals surface area contributed by atoms with E-state index >= 15 is 0 Å². The molecule has 3 aliphatic carbocycles. The molecule has 11 heteroatoms. The van der Waals surface area contributed by atoms with Crippen molar-refractivity contribution in [3.63, 3.8) is 0 Å². The van der Waals surface area contributed by atoms with Gasteiger partial charge in [0.1, 0.15) is 17.8 Å². The van der Waals surface area contributed by atoms with Crippen LogP contribution in [-0.2, 0) is 19.1 Å². The maximum atomic E-state index is 14.2. The number of hydrogen-bond donors (Lipinski definition) is 6. The number of phenolic OH excluding ortho intramolecular Hbond substituents is 1. The maximum Gasteiger partial charge on any atom is 0.330 e. The van der Waals surface area contributed by atoms with Gasteiger partial charge in [-0.1, -0.05) is 46.8 Å². The Bertz CT molecular complexity index is 1340. The molecule has 7 N–H and O–H groups in total. The lowest BCUT2D eigenvalue weighted by molar-refractivity contribution is -0.306. The number of Topliss-reactive ketones (excluding diaryl/α,β-unsaturated/α-hetero) is 2. The van der Waals surface area contributed by atoms with Crippen molar-refractivity contribution in [2.24, 2.45) is 40.2 Å². The molecular formula is C30H39NO10. The Morgan fingerprint density at radius 1 is 1.15 bits per heavy atom. The molecule has 1 amide bonds. The summed E-state index contributed by atoms with van der Waals surface area (Å²) in [5.74, 6) is -10.2. The quantitative estimate of drug-likeness (QED) is 0.165. The highest BCUT2D eigenvalue weighted by molar-refractivity contribution is 6.10. The molecule has 11 nitrogen and oxygen atoms in total. The van der Waals surface area contributed by atoms with E-state index in [1.165, 1.54) is 19.1 Å². The Labute approximate surface area is 238 Å².